The first-order chi connectivity index (χ1) is 13.1. The number of imidazole rings is 2. The standard InChI is InChI=1S/C19H17N7O/c1-11-4-2-6-13(22-11)19-23-12-5-3-7-14(12)25(19)17-9-8-16-21-10-15(18(20)27)26(16)24-17/h2,4,6,8-10H,3,5,7H2,1H3,(H2,20,27). The molecule has 0 saturated heterocycles. The second-order valence-electron chi connectivity index (χ2n) is 6.65. The quantitative estimate of drug-likeness (QED) is 0.601. The summed E-state index contributed by atoms with van der Waals surface area (Å²) in [5.41, 5.74) is 10.2. The summed E-state index contributed by atoms with van der Waals surface area (Å²) in [7, 11) is 0. The molecule has 0 atom stereocenters. The second kappa shape index (κ2) is 5.73. The van der Waals surface area contributed by atoms with Crippen LogP contribution >= 0.6 is 0 Å². The van der Waals surface area contributed by atoms with E-state index in [9.17, 15) is 4.79 Å². The first-order valence-electron chi connectivity index (χ1n) is 8.81. The van der Waals surface area contributed by atoms with Crippen LogP contribution in [0.15, 0.2) is 36.5 Å². The molecule has 134 valence electrons. The maximum atomic E-state index is 11.7. The molecule has 0 radical (unpaired) electrons. The minimum atomic E-state index is -0.566. The van der Waals surface area contributed by atoms with Gasteiger partial charge in [0.25, 0.3) is 5.91 Å². The molecule has 0 spiro atoms. The molecule has 1 amide bonds. The molecule has 2 N–H and O–H groups in total. The molecule has 0 aliphatic heterocycles. The van der Waals surface area contributed by atoms with Crippen LogP contribution < -0.4 is 5.73 Å². The van der Waals surface area contributed by atoms with Crippen molar-refractivity contribution in [3.63, 3.8) is 0 Å². The Morgan fingerprint density at radius 3 is 2.85 bits per heavy atom. The number of nitrogens with two attached hydrogens (primary N) is 1. The minimum Gasteiger partial charge on any atom is -0.364 e. The third kappa shape index (κ3) is 2.41. The van der Waals surface area contributed by atoms with Gasteiger partial charge in [0.15, 0.2) is 17.3 Å². The SMILES string of the molecule is Cc1cccc(-c2nc3c(n2-c2ccc4ncc(C(N)=O)n4n2)CCC3)n1. The highest BCUT2D eigenvalue weighted by atomic mass is 16.1. The first-order valence-corrected chi connectivity index (χ1v) is 8.81. The van der Waals surface area contributed by atoms with Crippen LogP contribution in [0, 0.1) is 6.92 Å². The molecule has 5 rings (SSSR count). The summed E-state index contributed by atoms with van der Waals surface area (Å²) in [6.07, 6.45) is 4.39. The van der Waals surface area contributed by atoms with Gasteiger partial charge in [0.2, 0.25) is 0 Å². The van der Waals surface area contributed by atoms with E-state index >= 15 is 0 Å². The molecule has 0 aromatic carbocycles. The van der Waals surface area contributed by atoms with Gasteiger partial charge < -0.3 is 5.73 Å². The van der Waals surface area contributed by atoms with Crippen molar-refractivity contribution in [3.05, 3.63) is 59.3 Å². The normalized spacial score (nSPS) is 13.2. The van der Waals surface area contributed by atoms with E-state index in [1.165, 1.54) is 10.7 Å². The summed E-state index contributed by atoms with van der Waals surface area (Å²) in [4.78, 5) is 25.4. The number of hydrogen-bond donors (Lipinski definition) is 1. The molecular weight excluding hydrogens is 342 g/mol. The lowest BCUT2D eigenvalue weighted by Crippen LogP contribution is -2.16. The smallest absolute Gasteiger partial charge is 0.269 e. The van der Waals surface area contributed by atoms with E-state index in [0.29, 0.717) is 11.5 Å². The van der Waals surface area contributed by atoms with Crippen LogP contribution in [-0.2, 0) is 12.8 Å². The number of fused-ring (bicyclic) bond motifs is 2. The number of aromatic nitrogens is 6. The van der Waals surface area contributed by atoms with E-state index in [1.54, 1.807) is 0 Å². The van der Waals surface area contributed by atoms with Crippen molar-refractivity contribution in [2.24, 2.45) is 5.73 Å². The summed E-state index contributed by atoms with van der Waals surface area (Å²) in [6, 6.07) is 9.58. The lowest BCUT2D eigenvalue weighted by molar-refractivity contribution is 0.0993. The Hall–Kier alpha value is -3.55. The topological polar surface area (TPSA) is 104 Å². The van der Waals surface area contributed by atoms with Crippen molar-refractivity contribution in [1.82, 2.24) is 29.1 Å². The first kappa shape index (κ1) is 15.7. The Kier molecular flexibility index (Phi) is 3.33. The number of rotatable bonds is 3. The van der Waals surface area contributed by atoms with E-state index in [4.69, 9.17) is 10.7 Å². The van der Waals surface area contributed by atoms with Gasteiger partial charge in [-0.15, -0.1) is 5.10 Å². The molecule has 4 heterocycles. The number of nitrogens with zero attached hydrogens (tertiary/aromatic N) is 6. The highest BCUT2D eigenvalue weighted by molar-refractivity contribution is 5.91. The number of aryl methyl sites for hydroxylation is 2. The van der Waals surface area contributed by atoms with Crippen LogP contribution in [0.25, 0.3) is 23.0 Å². The van der Waals surface area contributed by atoms with Crippen molar-refractivity contribution >= 4 is 11.6 Å². The molecule has 4 aromatic heterocycles. The number of carbonyl (C=O) groups excluding carboxylic acids is 1. The molecule has 0 unspecified atom stereocenters. The molecule has 0 bridgehead atoms. The number of primary amides is 1. The lowest BCUT2D eigenvalue weighted by atomic mass is 10.3. The molecule has 8 nitrogen and oxygen atoms in total. The summed E-state index contributed by atoms with van der Waals surface area (Å²) < 4.78 is 3.51. The average molecular weight is 359 g/mol. The monoisotopic (exact) mass is 359 g/mol. The van der Waals surface area contributed by atoms with Gasteiger partial charge in [0, 0.05) is 11.4 Å². The van der Waals surface area contributed by atoms with Crippen LogP contribution in [-0.4, -0.2) is 35.0 Å². The maximum absolute atomic E-state index is 11.7. The van der Waals surface area contributed by atoms with Crippen molar-refractivity contribution in [2.75, 3.05) is 0 Å². The van der Waals surface area contributed by atoms with E-state index in [-0.39, 0.29) is 5.69 Å². The number of carbonyl (C=O) groups is 1. The molecule has 1 aliphatic rings. The number of amides is 1. The fraction of sp³-hybridized carbons (Fsp3) is 0.211. The van der Waals surface area contributed by atoms with Crippen molar-refractivity contribution in [1.29, 1.82) is 0 Å². The van der Waals surface area contributed by atoms with Crippen molar-refractivity contribution in [2.45, 2.75) is 26.2 Å². The Morgan fingerprint density at radius 2 is 2.04 bits per heavy atom. The summed E-state index contributed by atoms with van der Waals surface area (Å²) >= 11 is 0. The van der Waals surface area contributed by atoms with E-state index in [1.807, 2.05) is 41.8 Å². The van der Waals surface area contributed by atoms with Crippen molar-refractivity contribution < 1.29 is 4.79 Å². The van der Waals surface area contributed by atoms with Gasteiger partial charge >= 0.3 is 0 Å². The number of pyridine rings is 1. The van der Waals surface area contributed by atoms with Crippen molar-refractivity contribution in [3.8, 4) is 17.3 Å². The van der Waals surface area contributed by atoms with Gasteiger partial charge in [-0.3, -0.25) is 9.36 Å². The van der Waals surface area contributed by atoms with E-state index < -0.39 is 5.91 Å². The van der Waals surface area contributed by atoms with Crippen LogP contribution in [0.5, 0.6) is 0 Å². The fourth-order valence-electron chi connectivity index (χ4n) is 3.62. The minimum absolute atomic E-state index is 0.249. The average Bonchev–Trinajstić information content (AvgIpc) is 3.34. The summed E-state index contributed by atoms with van der Waals surface area (Å²) in [6.45, 7) is 1.96. The third-order valence-electron chi connectivity index (χ3n) is 4.83. The maximum Gasteiger partial charge on any atom is 0.269 e. The fourth-order valence-corrected chi connectivity index (χ4v) is 3.62. The predicted octanol–water partition coefficient (Wildman–Crippen LogP) is 1.87. The van der Waals surface area contributed by atoms with Gasteiger partial charge in [0.1, 0.15) is 11.4 Å². The Labute approximate surface area is 154 Å². The van der Waals surface area contributed by atoms with Crippen LogP contribution in [0.1, 0.15) is 34.0 Å². The van der Waals surface area contributed by atoms with Gasteiger partial charge in [-0.05, 0) is 50.5 Å². The molecule has 27 heavy (non-hydrogen) atoms. The van der Waals surface area contributed by atoms with Crippen LogP contribution in [0.4, 0.5) is 0 Å². The third-order valence-corrected chi connectivity index (χ3v) is 4.83. The molecule has 0 saturated carbocycles. The zero-order valence-corrected chi connectivity index (χ0v) is 14.8. The highest BCUT2D eigenvalue weighted by Gasteiger charge is 2.25. The van der Waals surface area contributed by atoms with E-state index in [2.05, 4.69) is 15.1 Å². The molecule has 1 aliphatic carbocycles. The van der Waals surface area contributed by atoms with Gasteiger partial charge in [-0.2, -0.15) is 0 Å². The molecular formula is C19H17N7O. The summed E-state index contributed by atoms with van der Waals surface area (Å²) in [5, 5.41) is 4.63. The highest BCUT2D eigenvalue weighted by Crippen LogP contribution is 2.30. The summed E-state index contributed by atoms with van der Waals surface area (Å²) in [5.74, 6) is 0.858. The molecule has 4 aromatic rings. The largest absolute Gasteiger partial charge is 0.364 e. The second-order valence-corrected chi connectivity index (χ2v) is 6.65. The number of hydrogen-bond acceptors (Lipinski definition) is 5. The van der Waals surface area contributed by atoms with Gasteiger partial charge in [-0.25, -0.2) is 19.5 Å². The molecule has 0 fully saturated rings. The van der Waals surface area contributed by atoms with Gasteiger partial charge in [-0.1, -0.05) is 6.07 Å². The van der Waals surface area contributed by atoms with Gasteiger partial charge in [0.05, 0.1) is 11.9 Å². The molecule has 8 heteroatoms. The van der Waals surface area contributed by atoms with Crippen LogP contribution in [0.2, 0.25) is 0 Å². The Balaban J connectivity index is 1.76. The zero-order valence-electron chi connectivity index (χ0n) is 14.8. The Bertz CT molecular complexity index is 1200. The van der Waals surface area contributed by atoms with Crippen LogP contribution in [0.3, 0.4) is 0 Å². The lowest BCUT2D eigenvalue weighted by Gasteiger charge is -2.11. The predicted molar refractivity (Wildman–Crippen MR) is 98.6 cm³/mol. The van der Waals surface area contributed by atoms with E-state index in [0.717, 1.165) is 47.9 Å². The Morgan fingerprint density at radius 1 is 1.15 bits per heavy atom. The zero-order chi connectivity index (χ0) is 18.5.